The van der Waals surface area contributed by atoms with E-state index in [0.717, 1.165) is 32.5 Å². The van der Waals surface area contributed by atoms with Crippen molar-refractivity contribution in [2.45, 2.75) is 25.9 Å². The molecule has 1 unspecified atom stereocenters. The summed E-state index contributed by atoms with van der Waals surface area (Å²) in [5.41, 5.74) is 5.59. The van der Waals surface area contributed by atoms with E-state index in [1.165, 1.54) is 22.3 Å². The largest absolute Gasteiger partial charge is 0.372 e. The molecule has 1 atom stereocenters. The van der Waals surface area contributed by atoms with Crippen LogP contribution in [0.15, 0.2) is 48.5 Å². The van der Waals surface area contributed by atoms with Gasteiger partial charge in [-0.15, -0.1) is 0 Å². The van der Waals surface area contributed by atoms with Crippen LogP contribution in [-0.2, 0) is 17.6 Å². The maximum Gasteiger partial charge on any atom is 0.0952 e. The van der Waals surface area contributed by atoms with E-state index < -0.39 is 0 Å². The van der Waals surface area contributed by atoms with Crippen LogP contribution in [0.25, 0.3) is 0 Å². The van der Waals surface area contributed by atoms with Gasteiger partial charge in [0.1, 0.15) is 0 Å². The van der Waals surface area contributed by atoms with Gasteiger partial charge in [0.25, 0.3) is 0 Å². The number of fused-ring (bicyclic) bond motifs is 1. The van der Waals surface area contributed by atoms with Gasteiger partial charge in [0, 0.05) is 6.54 Å². The van der Waals surface area contributed by atoms with Crippen LogP contribution >= 0.6 is 0 Å². The lowest BCUT2D eigenvalue weighted by Gasteiger charge is -2.26. The molecule has 0 aliphatic carbocycles. The minimum atomic E-state index is 0.201. The first kappa shape index (κ1) is 14.3. The highest BCUT2D eigenvalue weighted by molar-refractivity contribution is 5.31. The molecule has 2 aromatic rings. The maximum atomic E-state index is 5.92. The van der Waals surface area contributed by atoms with E-state index in [0.29, 0.717) is 0 Å². The Morgan fingerprint density at radius 3 is 2.81 bits per heavy atom. The molecule has 0 bridgehead atoms. The smallest absolute Gasteiger partial charge is 0.0952 e. The molecule has 2 heteroatoms. The van der Waals surface area contributed by atoms with Crippen molar-refractivity contribution in [3.05, 3.63) is 70.8 Å². The molecule has 3 rings (SSSR count). The van der Waals surface area contributed by atoms with Crippen LogP contribution in [0.4, 0.5) is 0 Å². The van der Waals surface area contributed by atoms with Crippen molar-refractivity contribution in [3.63, 3.8) is 0 Å². The van der Waals surface area contributed by atoms with Crippen molar-refractivity contribution in [2.24, 2.45) is 0 Å². The lowest BCUT2D eigenvalue weighted by atomic mass is 9.97. The number of hydrogen-bond acceptors (Lipinski definition) is 2. The highest BCUT2D eigenvalue weighted by atomic mass is 16.5. The van der Waals surface area contributed by atoms with E-state index in [2.05, 4.69) is 60.8 Å². The second kappa shape index (κ2) is 6.88. The van der Waals surface area contributed by atoms with Gasteiger partial charge in [0.05, 0.1) is 12.7 Å². The van der Waals surface area contributed by atoms with Gasteiger partial charge in [-0.05, 0) is 48.6 Å². The Hall–Kier alpha value is -1.64. The Labute approximate surface area is 127 Å². The minimum absolute atomic E-state index is 0.201. The summed E-state index contributed by atoms with van der Waals surface area (Å²) >= 11 is 0. The summed E-state index contributed by atoms with van der Waals surface area (Å²) in [7, 11) is 0. The SMILES string of the molecule is Cc1ccccc1CCNCC1OCCc2ccccc21. The Bertz CT molecular complexity index is 594. The standard InChI is InChI=1S/C19H23NO/c1-15-6-2-3-7-16(15)10-12-20-14-19-18-9-5-4-8-17(18)11-13-21-19/h2-9,19-20H,10-14H2,1H3. The summed E-state index contributed by atoms with van der Waals surface area (Å²) in [6, 6.07) is 17.2. The van der Waals surface area contributed by atoms with Crippen LogP contribution in [0.2, 0.25) is 0 Å². The molecule has 2 aromatic carbocycles. The Balaban J connectivity index is 1.52. The van der Waals surface area contributed by atoms with E-state index in [1.54, 1.807) is 0 Å². The predicted octanol–water partition coefficient (Wildman–Crippen LogP) is 3.44. The second-order valence-corrected chi connectivity index (χ2v) is 5.69. The van der Waals surface area contributed by atoms with Crippen molar-refractivity contribution in [1.82, 2.24) is 5.32 Å². The third kappa shape index (κ3) is 3.52. The van der Waals surface area contributed by atoms with Gasteiger partial charge in [-0.2, -0.15) is 0 Å². The van der Waals surface area contributed by atoms with Crippen molar-refractivity contribution in [3.8, 4) is 0 Å². The molecule has 0 aromatic heterocycles. The summed E-state index contributed by atoms with van der Waals surface area (Å²) < 4.78 is 5.92. The van der Waals surface area contributed by atoms with Crippen LogP contribution in [0, 0.1) is 6.92 Å². The van der Waals surface area contributed by atoms with E-state index in [1.807, 2.05) is 0 Å². The fourth-order valence-electron chi connectivity index (χ4n) is 2.99. The highest BCUT2D eigenvalue weighted by Gasteiger charge is 2.19. The van der Waals surface area contributed by atoms with E-state index in [9.17, 15) is 0 Å². The van der Waals surface area contributed by atoms with Gasteiger partial charge in [-0.3, -0.25) is 0 Å². The number of aryl methyl sites for hydroxylation is 1. The van der Waals surface area contributed by atoms with Gasteiger partial charge >= 0.3 is 0 Å². The summed E-state index contributed by atoms with van der Waals surface area (Å²) in [6.07, 6.45) is 2.31. The fourth-order valence-corrected chi connectivity index (χ4v) is 2.99. The number of nitrogens with one attached hydrogen (secondary N) is 1. The quantitative estimate of drug-likeness (QED) is 0.848. The third-order valence-electron chi connectivity index (χ3n) is 4.25. The van der Waals surface area contributed by atoms with Gasteiger partial charge < -0.3 is 10.1 Å². The molecule has 110 valence electrons. The monoisotopic (exact) mass is 281 g/mol. The molecule has 1 heterocycles. The third-order valence-corrected chi connectivity index (χ3v) is 4.25. The second-order valence-electron chi connectivity index (χ2n) is 5.69. The molecule has 1 aliphatic heterocycles. The van der Waals surface area contributed by atoms with Gasteiger partial charge in [-0.25, -0.2) is 0 Å². The highest BCUT2D eigenvalue weighted by Crippen LogP contribution is 2.26. The van der Waals surface area contributed by atoms with Crippen molar-refractivity contribution < 1.29 is 4.74 Å². The van der Waals surface area contributed by atoms with Crippen molar-refractivity contribution in [1.29, 1.82) is 0 Å². The van der Waals surface area contributed by atoms with E-state index in [-0.39, 0.29) is 6.10 Å². The van der Waals surface area contributed by atoms with Crippen LogP contribution < -0.4 is 5.32 Å². The van der Waals surface area contributed by atoms with Crippen LogP contribution in [-0.4, -0.2) is 19.7 Å². The molecule has 0 amide bonds. The Morgan fingerprint density at radius 2 is 1.90 bits per heavy atom. The average Bonchev–Trinajstić information content (AvgIpc) is 2.53. The first-order valence-corrected chi connectivity index (χ1v) is 7.79. The summed E-state index contributed by atoms with van der Waals surface area (Å²) in [5.74, 6) is 0. The molecular formula is C19H23NO. The van der Waals surface area contributed by atoms with Crippen molar-refractivity contribution >= 4 is 0 Å². The van der Waals surface area contributed by atoms with Crippen LogP contribution in [0.5, 0.6) is 0 Å². The van der Waals surface area contributed by atoms with Gasteiger partial charge in [-0.1, -0.05) is 48.5 Å². The Morgan fingerprint density at radius 1 is 1.10 bits per heavy atom. The molecular weight excluding hydrogens is 258 g/mol. The number of hydrogen-bond donors (Lipinski definition) is 1. The molecule has 0 radical (unpaired) electrons. The zero-order valence-corrected chi connectivity index (χ0v) is 12.6. The zero-order valence-electron chi connectivity index (χ0n) is 12.6. The minimum Gasteiger partial charge on any atom is -0.372 e. The average molecular weight is 281 g/mol. The van der Waals surface area contributed by atoms with E-state index in [4.69, 9.17) is 4.74 Å². The number of rotatable bonds is 5. The van der Waals surface area contributed by atoms with Crippen molar-refractivity contribution in [2.75, 3.05) is 19.7 Å². The summed E-state index contributed by atoms with van der Waals surface area (Å²) in [5, 5.41) is 3.55. The lowest BCUT2D eigenvalue weighted by molar-refractivity contribution is 0.0427. The lowest BCUT2D eigenvalue weighted by Crippen LogP contribution is -2.28. The van der Waals surface area contributed by atoms with Gasteiger partial charge in [0.15, 0.2) is 0 Å². The zero-order chi connectivity index (χ0) is 14.5. The first-order chi connectivity index (χ1) is 10.3. The maximum absolute atomic E-state index is 5.92. The topological polar surface area (TPSA) is 21.3 Å². The van der Waals surface area contributed by atoms with Crippen LogP contribution in [0.1, 0.15) is 28.4 Å². The number of benzene rings is 2. The first-order valence-electron chi connectivity index (χ1n) is 7.79. The number of ether oxygens (including phenoxy) is 1. The normalized spacial score (nSPS) is 17.5. The predicted molar refractivity (Wildman–Crippen MR) is 86.6 cm³/mol. The molecule has 0 saturated heterocycles. The molecule has 0 fully saturated rings. The van der Waals surface area contributed by atoms with Crippen LogP contribution in [0.3, 0.4) is 0 Å². The fraction of sp³-hybridized carbons (Fsp3) is 0.368. The Kier molecular flexibility index (Phi) is 4.69. The molecule has 1 aliphatic rings. The molecule has 0 spiro atoms. The summed E-state index contributed by atoms with van der Waals surface area (Å²) in [6.45, 7) is 4.90. The molecule has 1 N–H and O–H groups in total. The van der Waals surface area contributed by atoms with Gasteiger partial charge in [0.2, 0.25) is 0 Å². The molecule has 21 heavy (non-hydrogen) atoms. The molecule has 0 saturated carbocycles. The molecule has 2 nitrogen and oxygen atoms in total. The van der Waals surface area contributed by atoms with E-state index >= 15 is 0 Å². The summed E-state index contributed by atoms with van der Waals surface area (Å²) in [4.78, 5) is 0.